The molecule has 0 spiro atoms. The van der Waals surface area contributed by atoms with Crippen LogP contribution in [0.4, 0.5) is 5.69 Å². The largest absolute Gasteiger partial charge is 0.484 e. The van der Waals surface area contributed by atoms with Crippen molar-refractivity contribution < 1.29 is 13.9 Å². The van der Waals surface area contributed by atoms with Gasteiger partial charge in [0.05, 0.1) is 23.5 Å². The highest BCUT2D eigenvalue weighted by Gasteiger charge is 2.13. The number of ether oxygens (including phenoxy) is 1. The fourth-order valence-electron chi connectivity index (χ4n) is 2.80. The van der Waals surface area contributed by atoms with E-state index in [0.717, 1.165) is 10.0 Å². The highest BCUT2D eigenvalue weighted by atomic mass is 79.9. The molecule has 2 heterocycles. The number of aromatic nitrogens is 2. The monoisotopic (exact) mass is 485 g/mol. The summed E-state index contributed by atoms with van der Waals surface area (Å²) < 4.78 is 13.9. The maximum Gasteiger partial charge on any atom is 0.291 e. The fourth-order valence-corrected chi connectivity index (χ4v) is 3.52. The Balaban J connectivity index is 1.34. The molecular weight excluding hydrogens is 470 g/mol. The second kappa shape index (κ2) is 9.19. The first-order valence-electron chi connectivity index (χ1n) is 9.11. The number of halogens is 2. The van der Waals surface area contributed by atoms with Crippen molar-refractivity contribution in [3.05, 3.63) is 99.6 Å². The number of hydrogen-bond acceptors (Lipinski definition) is 4. The van der Waals surface area contributed by atoms with Crippen LogP contribution in [0.25, 0.3) is 0 Å². The molecule has 0 radical (unpaired) electrons. The van der Waals surface area contributed by atoms with Crippen molar-refractivity contribution in [2.75, 3.05) is 5.32 Å². The molecule has 30 heavy (non-hydrogen) atoms. The second-order valence-electron chi connectivity index (χ2n) is 6.50. The molecule has 6 nitrogen and oxygen atoms in total. The van der Waals surface area contributed by atoms with Crippen molar-refractivity contribution in [1.82, 2.24) is 9.78 Å². The number of nitrogens with one attached hydrogen (secondary N) is 1. The number of carbonyl (C=O) groups excluding carboxylic acids is 1. The lowest BCUT2D eigenvalue weighted by atomic mass is 10.2. The minimum atomic E-state index is -0.359. The number of furan rings is 1. The molecule has 0 saturated carbocycles. The third-order valence-corrected chi connectivity index (χ3v) is 5.02. The lowest BCUT2D eigenvalue weighted by Crippen LogP contribution is -2.10. The van der Waals surface area contributed by atoms with Gasteiger partial charge in [-0.25, -0.2) is 0 Å². The molecule has 0 aliphatic rings. The summed E-state index contributed by atoms with van der Waals surface area (Å²) in [7, 11) is 0. The molecule has 2 aromatic carbocycles. The zero-order valence-electron chi connectivity index (χ0n) is 15.7. The standard InChI is InChI=1S/C22H17BrClN3O3/c23-16-6-8-20(19(24)10-16)29-14-18-7-9-21(30-18)22(28)26-17-11-25-27(13-17)12-15-4-2-1-3-5-15/h1-11,13H,12,14H2,(H,26,28). The molecule has 1 amide bonds. The van der Waals surface area contributed by atoms with Crippen LogP contribution in [0.2, 0.25) is 5.02 Å². The minimum Gasteiger partial charge on any atom is -0.484 e. The van der Waals surface area contributed by atoms with Crippen LogP contribution in [0.3, 0.4) is 0 Å². The van der Waals surface area contributed by atoms with E-state index < -0.39 is 0 Å². The second-order valence-corrected chi connectivity index (χ2v) is 7.82. The van der Waals surface area contributed by atoms with Gasteiger partial charge in [0.15, 0.2) is 5.76 Å². The third kappa shape index (κ3) is 5.11. The summed E-state index contributed by atoms with van der Waals surface area (Å²) >= 11 is 9.48. The van der Waals surface area contributed by atoms with Gasteiger partial charge in [-0.2, -0.15) is 5.10 Å². The highest BCUT2D eigenvalue weighted by molar-refractivity contribution is 9.10. The van der Waals surface area contributed by atoms with Crippen LogP contribution in [0.5, 0.6) is 5.75 Å². The van der Waals surface area contributed by atoms with Crippen molar-refractivity contribution in [2.24, 2.45) is 0 Å². The van der Waals surface area contributed by atoms with E-state index in [1.54, 1.807) is 41.3 Å². The van der Waals surface area contributed by atoms with Gasteiger partial charge in [-0.1, -0.05) is 57.9 Å². The topological polar surface area (TPSA) is 69.3 Å². The van der Waals surface area contributed by atoms with E-state index in [4.69, 9.17) is 20.8 Å². The van der Waals surface area contributed by atoms with Gasteiger partial charge < -0.3 is 14.5 Å². The number of carbonyl (C=O) groups is 1. The van der Waals surface area contributed by atoms with Gasteiger partial charge in [-0.05, 0) is 35.9 Å². The first-order valence-corrected chi connectivity index (χ1v) is 10.3. The highest BCUT2D eigenvalue weighted by Crippen LogP contribution is 2.28. The maximum absolute atomic E-state index is 12.5. The van der Waals surface area contributed by atoms with Gasteiger partial charge in [0.1, 0.15) is 18.1 Å². The Kier molecular flexibility index (Phi) is 6.21. The maximum atomic E-state index is 12.5. The normalized spacial score (nSPS) is 10.7. The summed E-state index contributed by atoms with van der Waals surface area (Å²) in [5.74, 6) is 0.875. The summed E-state index contributed by atoms with van der Waals surface area (Å²) in [6.45, 7) is 0.779. The molecular formula is C22H17BrClN3O3. The Morgan fingerprint density at radius 1 is 1.17 bits per heavy atom. The molecule has 0 fully saturated rings. The molecule has 0 atom stereocenters. The first-order chi connectivity index (χ1) is 14.6. The Morgan fingerprint density at radius 3 is 2.80 bits per heavy atom. The number of anilines is 1. The van der Waals surface area contributed by atoms with Crippen molar-refractivity contribution in [2.45, 2.75) is 13.2 Å². The molecule has 4 rings (SSSR count). The predicted octanol–water partition coefficient (Wildman–Crippen LogP) is 5.77. The lowest BCUT2D eigenvalue weighted by molar-refractivity contribution is 0.0992. The van der Waals surface area contributed by atoms with Crippen LogP contribution < -0.4 is 10.1 Å². The number of nitrogens with zero attached hydrogens (tertiary/aromatic N) is 2. The average Bonchev–Trinajstić information content (AvgIpc) is 3.38. The number of amides is 1. The van der Waals surface area contributed by atoms with Gasteiger partial charge in [-0.3, -0.25) is 9.48 Å². The summed E-state index contributed by atoms with van der Waals surface area (Å²) in [6, 6.07) is 18.6. The molecule has 0 aliphatic heterocycles. The summed E-state index contributed by atoms with van der Waals surface area (Å²) in [6.07, 6.45) is 3.37. The van der Waals surface area contributed by atoms with Gasteiger partial charge in [0, 0.05) is 10.7 Å². The molecule has 1 N–H and O–H groups in total. The quantitative estimate of drug-likeness (QED) is 0.360. The van der Waals surface area contributed by atoms with Gasteiger partial charge in [-0.15, -0.1) is 0 Å². The predicted molar refractivity (Wildman–Crippen MR) is 118 cm³/mol. The zero-order valence-corrected chi connectivity index (χ0v) is 18.1. The molecule has 4 aromatic rings. The van der Waals surface area contributed by atoms with E-state index in [1.165, 1.54) is 0 Å². The SMILES string of the molecule is O=C(Nc1cnn(Cc2ccccc2)c1)c1ccc(COc2ccc(Br)cc2Cl)o1. The van der Waals surface area contributed by atoms with E-state index >= 15 is 0 Å². The number of benzene rings is 2. The van der Waals surface area contributed by atoms with Crippen molar-refractivity contribution in [1.29, 1.82) is 0 Å². The minimum absolute atomic E-state index is 0.156. The Morgan fingerprint density at radius 2 is 2.00 bits per heavy atom. The van der Waals surface area contributed by atoms with Crippen LogP contribution in [-0.4, -0.2) is 15.7 Å². The van der Waals surface area contributed by atoms with Crippen molar-refractivity contribution >= 4 is 39.1 Å². The van der Waals surface area contributed by atoms with E-state index in [1.807, 2.05) is 36.4 Å². The summed E-state index contributed by atoms with van der Waals surface area (Å²) in [5, 5.41) is 7.55. The third-order valence-electron chi connectivity index (χ3n) is 4.23. The van der Waals surface area contributed by atoms with Crippen LogP contribution in [0.1, 0.15) is 21.9 Å². The summed E-state index contributed by atoms with van der Waals surface area (Å²) in [4.78, 5) is 12.5. The van der Waals surface area contributed by atoms with Crippen LogP contribution in [0.15, 0.2) is 81.9 Å². The molecule has 0 aliphatic carbocycles. The van der Waals surface area contributed by atoms with Gasteiger partial charge >= 0.3 is 0 Å². The van der Waals surface area contributed by atoms with Crippen LogP contribution in [-0.2, 0) is 13.2 Å². The molecule has 0 unspecified atom stereocenters. The summed E-state index contributed by atoms with van der Waals surface area (Å²) in [5.41, 5.74) is 1.71. The molecule has 0 bridgehead atoms. The zero-order chi connectivity index (χ0) is 20.9. The average molecular weight is 487 g/mol. The van der Waals surface area contributed by atoms with Gasteiger partial charge in [0.25, 0.3) is 5.91 Å². The van der Waals surface area contributed by atoms with Crippen molar-refractivity contribution in [3.8, 4) is 5.75 Å². The Hall–Kier alpha value is -3.03. The van der Waals surface area contributed by atoms with E-state index in [-0.39, 0.29) is 18.3 Å². The van der Waals surface area contributed by atoms with E-state index in [9.17, 15) is 4.79 Å². The van der Waals surface area contributed by atoms with E-state index in [2.05, 4.69) is 26.3 Å². The molecule has 152 valence electrons. The number of hydrogen-bond donors (Lipinski definition) is 1. The van der Waals surface area contributed by atoms with E-state index in [0.29, 0.717) is 28.8 Å². The van der Waals surface area contributed by atoms with Crippen LogP contribution >= 0.6 is 27.5 Å². The Labute approximate surface area is 186 Å². The van der Waals surface area contributed by atoms with Crippen molar-refractivity contribution in [3.63, 3.8) is 0 Å². The molecule has 2 aromatic heterocycles. The van der Waals surface area contributed by atoms with Gasteiger partial charge in [0.2, 0.25) is 0 Å². The Bertz CT molecular complexity index is 1160. The molecule has 0 saturated heterocycles. The number of rotatable bonds is 7. The lowest BCUT2D eigenvalue weighted by Gasteiger charge is -2.06. The smallest absolute Gasteiger partial charge is 0.291 e. The van der Waals surface area contributed by atoms with Crippen LogP contribution in [0, 0.1) is 0 Å². The first kappa shape index (κ1) is 20.3. The molecule has 8 heteroatoms. The fraction of sp³-hybridized carbons (Fsp3) is 0.0909.